The fraction of sp³-hybridized carbons (Fsp3) is 0.273. The minimum absolute atomic E-state index is 0.723. The Morgan fingerprint density at radius 1 is 0.769 bits per heavy atom. The molecule has 0 N–H and O–H groups in total. The van der Waals surface area contributed by atoms with E-state index in [2.05, 4.69) is 65.1 Å². The van der Waals surface area contributed by atoms with Gasteiger partial charge in [0.15, 0.2) is 36.3 Å². The summed E-state index contributed by atoms with van der Waals surface area (Å²) < 4.78 is 15.0. The van der Waals surface area contributed by atoms with Gasteiger partial charge in [-0.25, -0.2) is 4.57 Å². The van der Waals surface area contributed by atoms with Crippen molar-refractivity contribution in [1.29, 1.82) is 0 Å². The molecule has 0 amide bonds. The molecule has 1 aromatic carbocycles. The van der Waals surface area contributed by atoms with Crippen molar-refractivity contribution in [3.05, 3.63) is 67.3 Å². The van der Waals surface area contributed by atoms with Crippen molar-refractivity contribution in [3.63, 3.8) is 0 Å². The molecule has 0 unspecified atom stereocenters. The zero-order valence-electron chi connectivity index (χ0n) is 15.7. The third-order valence-corrected chi connectivity index (χ3v) is 4.49. The fourth-order valence-electron chi connectivity index (χ4n) is 2.92. The molecule has 2 aromatic heterocycles. The minimum Gasteiger partial charge on any atom is -0.493 e. The lowest BCUT2D eigenvalue weighted by Gasteiger charge is -2.07. The van der Waals surface area contributed by atoms with E-state index in [-0.39, 0.29) is 0 Å². The standard InChI is InChI=1S/C22H26N2O2/c1-4-5-12-23-13-8-18(9-14-23)19-10-15-24(16-11-19)20-6-7-21(25-2)22(17-20)26-3/h6-11,13-17H,4-5,12H2,1-3H3/q+2. The van der Waals surface area contributed by atoms with Gasteiger partial charge in [-0.2, -0.15) is 4.57 Å². The molecule has 0 atom stereocenters. The molecule has 0 spiro atoms. The Balaban J connectivity index is 1.80. The molecule has 134 valence electrons. The van der Waals surface area contributed by atoms with Crippen LogP contribution in [-0.4, -0.2) is 14.2 Å². The summed E-state index contributed by atoms with van der Waals surface area (Å²) in [6, 6.07) is 14.5. The van der Waals surface area contributed by atoms with E-state index in [0.29, 0.717) is 0 Å². The second kappa shape index (κ2) is 8.48. The Morgan fingerprint density at radius 3 is 1.96 bits per heavy atom. The van der Waals surface area contributed by atoms with Gasteiger partial charge in [0.1, 0.15) is 6.54 Å². The highest BCUT2D eigenvalue weighted by Crippen LogP contribution is 2.27. The smallest absolute Gasteiger partial charge is 0.214 e. The second-order valence-electron chi connectivity index (χ2n) is 6.21. The van der Waals surface area contributed by atoms with Crippen molar-refractivity contribution in [1.82, 2.24) is 0 Å². The zero-order valence-corrected chi connectivity index (χ0v) is 15.7. The Morgan fingerprint density at radius 2 is 1.38 bits per heavy atom. The average molecular weight is 350 g/mol. The van der Waals surface area contributed by atoms with Crippen LogP contribution in [0.3, 0.4) is 0 Å². The minimum atomic E-state index is 0.723. The van der Waals surface area contributed by atoms with Gasteiger partial charge in [0.05, 0.1) is 20.3 Å². The van der Waals surface area contributed by atoms with Gasteiger partial charge in [-0.15, -0.1) is 0 Å². The quantitative estimate of drug-likeness (QED) is 0.607. The van der Waals surface area contributed by atoms with Crippen LogP contribution in [0.25, 0.3) is 16.8 Å². The average Bonchev–Trinajstić information content (AvgIpc) is 2.72. The lowest BCUT2D eigenvalue weighted by Crippen LogP contribution is -2.32. The van der Waals surface area contributed by atoms with Crippen LogP contribution < -0.4 is 18.6 Å². The Bertz CT molecular complexity index is 843. The van der Waals surface area contributed by atoms with Gasteiger partial charge in [-0.05, 0) is 17.2 Å². The predicted molar refractivity (Wildman–Crippen MR) is 102 cm³/mol. The van der Waals surface area contributed by atoms with Gasteiger partial charge in [0.2, 0.25) is 5.69 Å². The molecule has 0 saturated heterocycles. The molecular weight excluding hydrogens is 324 g/mol. The number of unbranched alkanes of at least 4 members (excludes halogenated alkanes) is 1. The number of nitrogens with zero attached hydrogens (tertiary/aromatic N) is 2. The molecule has 0 fully saturated rings. The van der Waals surface area contributed by atoms with Crippen LogP contribution >= 0.6 is 0 Å². The molecule has 0 radical (unpaired) electrons. The highest BCUT2D eigenvalue weighted by molar-refractivity contribution is 5.61. The third-order valence-electron chi connectivity index (χ3n) is 4.49. The van der Waals surface area contributed by atoms with Crippen LogP contribution in [0.15, 0.2) is 67.3 Å². The summed E-state index contributed by atoms with van der Waals surface area (Å²) in [5.74, 6) is 1.45. The first-order chi connectivity index (χ1) is 12.7. The maximum Gasteiger partial charge on any atom is 0.214 e. The molecular formula is C22H26N2O2+2. The number of ether oxygens (including phenoxy) is 2. The van der Waals surface area contributed by atoms with Crippen molar-refractivity contribution in [2.75, 3.05) is 14.2 Å². The summed E-state index contributed by atoms with van der Waals surface area (Å²) in [6.45, 7) is 3.29. The van der Waals surface area contributed by atoms with Crippen LogP contribution in [0.4, 0.5) is 0 Å². The maximum atomic E-state index is 5.39. The molecule has 26 heavy (non-hydrogen) atoms. The van der Waals surface area contributed by atoms with Crippen molar-refractivity contribution < 1.29 is 18.6 Å². The van der Waals surface area contributed by atoms with E-state index < -0.39 is 0 Å². The van der Waals surface area contributed by atoms with Crippen molar-refractivity contribution >= 4 is 0 Å². The maximum absolute atomic E-state index is 5.39. The lowest BCUT2D eigenvalue weighted by molar-refractivity contribution is -0.697. The summed E-state index contributed by atoms with van der Waals surface area (Å²) in [7, 11) is 3.29. The predicted octanol–water partition coefficient (Wildman–Crippen LogP) is 3.74. The van der Waals surface area contributed by atoms with E-state index in [1.807, 2.05) is 18.2 Å². The summed E-state index contributed by atoms with van der Waals surface area (Å²) >= 11 is 0. The topological polar surface area (TPSA) is 26.2 Å². The first kappa shape index (κ1) is 17.9. The number of methoxy groups -OCH3 is 2. The van der Waals surface area contributed by atoms with E-state index in [4.69, 9.17) is 9.47 Å². The van der Waals surface area contributed by atoms with Crippen molar-refractivity contribution in [2.45, 2.75) is 26.3 Å². The van der Waals surface area contributed by atoms with Crippen LogP contribution in [-0.2, 0) is 6.54 Å². The first-order valence-electron chi connectivity index (χ1n) is 8.98. The Labute approximate surface area is 155 Å². The largest absolute Gasteiger partial charge is 0.493 e. The monoisotopic (exact) mass is 350 g/mol. The molecule has 0 saturated carbocycles. The number of aryl methyl sites for hydroxylation is 1. The first-order valence-corrected chi connectivity index (χ1v) is 8.98. The number of aromatic nitrogens is 2. The third kappa shape index (κ3) is 4.02. The van der Waals surface area contributed by atoms with E-state index >= 15 is 0 Å². The van der Waals surface area contributed by atoms with Crippen LogP contribution in [0, 0.1) is 0 Å². The van der Waals surface area contributed by atoms with E-state index in [1.54, 1.807) is 14.2 Å². The van der Waals surface area contributed by atoms with E-state index in [0.717, 1.165) is 23.7 Å². The molecule has 4 heteroatoms. The molecule has 2 heterocycles. The number of hydrogen-bond donors (Lipinski definition) is 0. The number of rotatable bonds is 7. The van der Waals surface area contributed by atoms with Gasteiger partial charge < -0.3 is 9.47 Å². The van der Waals surface area contributed by atoms with Gasteiger partial charge in [-0.1, -0.05) is 13.3 Å². The molecule has 4 nitrogen and oxygen atoms in total. The molecule has 3 rings (SSSR count). The molecule has 3 aromatic rings. The van der Waals surface area contributed by atoms with Gasteiger partial charge >= 0.3 is 0 Å². The zero-order chi connectivity index (χ0) is 18.4. The summed E-state index contributed by atoms with van der Waals surface area (Å²) in [5, 5.41) is 0. The van der Waals surface area contributed by atoms with Crippen LogP contribution in [0.2, 0.25) is 0 Å². The van der Waals surface area contributed by atoms with Gasteiger partial charge in [-0.3, -0.25) is 0 Å². The molecule has 0 aliphatic heterocycles. The summed E-state index contributed by atoms with van der Waals surface area (Å²) in [5.41, 5.74) is 3.45. The molecule has 0 aliphatic carbocycles. The summed E-state index contributed by atoms with van der Waals surface area (Å²) in [6.07, 6.45) is 10.9. The Hall–Kier alpha value is -2.88. The number of pyridine rings is 2. The second-order valence-corrected chi connectivity index (χ2v) is 6.21. The Kier molecular flexibility index (Phi) is 5.84. The lowest BCUT2D eigenvalue weighted by atomic mass is 10.1. The summed E-state index contributed by atoms with van der Waals surface area (Å²) in [4.78, 5) is 0. The van der Waals surface area contributed by atoms with Crippen molar-refractivity contribution in [3.8, 4) is 28.3 Å². The molecule has 0 bridgehead atoms. The normalized spacial score (nSPS) is 10.6. The van der Waals surface area contributed by atoms with Crippen molar-refractivity contribution in [2.24, 2.45) is 0 Å². The fourth-order valence-corrected chi connectivity index (χ4v) is 2.92. The van der Waals surface area contributed by atoms with Gasteiger partial charge in [0, 0.05) is 36.8 Å². The van der Waals surface area contributed by atoms with Crippen LogP contribution in [0.1, 0.15) is 19.8 Å². The number of benzene rings is 1. The van der Waals surface area contributed by atoms with E-state index in [9.17, 15) is 0 Å². The highest BCUT2D eigenvalue weighted by atomic mass is 16.5. The molecule has 0 aliphatic rings. The number of hydrogen-bond acceptors (Lipinski definition) is 2. The van der Waals surface area contributed by atoms with E-state index in [1.165, 1.54) is 24.0 Å². The van der Waals surface area contributed by atoms with Crippen LogP contribution in [0.5, 0.6) is 11.5 Å². The van der Waals surface area contributed by atoms with Gasteiger partial charge in [0.25, 0.3) is 0 Å². The highest BCUT2D eigenvalue weighted by Gasteiger charge is 2.12. The SMILES string of the molecule is CCCC[n+]1ccc(-c2cc[n+](-c3ccc(OC)c(OC)c3)cc2)cc1.